The molecule has 0 aliphatic rings. The average Bonchev–Trinajstić information content (AvgIpc) is 3.18. The lowest BCUT2D eigenvalue weighted by atomic mass is 10.1. The molecule has 2 heterocycles. The van der Waals surface area contributed by atoms with Gasteiger partial charge in [-0.3, -0.25) is 4.79 Å². The summed E-state index contributed by atoms with van der Waals surface area (Å²) in [6.07, 6.45) is 4.74. The van der Waals surface area contributed by atoms with Crippen molar-refractivity contribution in [1.82, 2.24) is 19.7 Å². The van der Waals surface area contributed by atoms with E-state index in [1.165, 1.54) is 24.2 Å². The Morgan fingerprint density at radius 3 is 2.65 bits per heavy atom. The maximum Gasteiger partial charge on any atom is 0.254 e. The van der Waals surface area contributed by atoms with Crippen molar-refractivity contribution in [1.29, 1.82) is 5.41 Å². The molecule has 2 aromatic heterocycles. The monoisotopic (exact) mass is 350 g/mol. The molecule has 0 saturated carbocycles. The highest BCUT2D eigenvalue weighted by Crippen LogP contribution is 2.29. The summed E-state index contributed by atoms with van der Waals surface area (Å²) in [6.45, 7) is 2.00. The fourth-order valence-electron chi connectivity index (χ4n) is 2.48. The highest BCUT2D eigenvalue weighted by Gasteiger charge is 2.18. The number of aromatic nitrogens is 4. The number of methoxy groups -OCH3 is 1. The third-order valence-electron chi connectivity index (χ3n) is 3.83. The van der Waals surface area contributed by atoms with Gasteiger partial charge < -0.3 is 15.5 Å². The second-order valence-electron chi connectivity index (χ2n) is 5.55. The lowest BCUT2D eigenvalue weighted by Gasteiger charge is -2.19. The first-order chi connectivity index (χ1) is 12.7. The molecule has 2 N–H and O–H groups in total. The first-order valence-corrected chi connectivity index (χ1v) is 7.94. The van der Waals surface area contributed by atoms with Crippen molar-refractivity contribution in [3.63, 3.8) is 0 Å². The molecule has 3 rings (SSSR count). The smallest absolute Gasteiger partial charge is 0.254 e. The SMILES string of the molecule is COc1nc(-n2cc(C=O)cn2)nc(C=N)c1NC(C)c1ccccc1. The Bertz CT molecular complexity index is 923. The van der Waals surface area contributed by atoms with Crippen LogP contribution in [0.2, 0.25) is 0 Å². The number of anilines is 1. The Morgan fingerprint density at radius 1 is 1.27 bits per heavy atom. The van der Waals surface area contributed by atoms with Crippen molar-refractivity contribution in [2.24, 2.45) is 0 Å². The van der Waals surface area contributed by atoms with Gasteiger partial charge in [-0.05, 0) is 12.5 Å². The molecule has 0 radical (unpaired) electrons. The third-order valence-corrected chi connectivity index (χ3v) is 3.83. The van der Waals surface area contributed by atoms with Crippen LogP contribution >= 0.6 is 0 Å². The molecule has 26 heavy (non-hydrogen) atoms. The summed E-state index contributed by atoms with van der Waals surface area (Å²) in [6, 6.07) is 9.86. The fourth-order valence-corrected chi connectivity index (χ4v) is 2.48. The van der Waals surface area contributed by atoms with E-state index < -0.39 is 0 Å². The quantitative estimate of drug-likeness (QED) is 0.501. The number of ether oxygens (including phenoxy) is 1. The fraction of sp³-hybridized carbons (Fsp3) is 0.167. The molecular weight excluding hydrogens is 332 g/mol. The van der Waals surface area contributed by atoms with E-state index in [1.807, 2.05) is 37.3 Å². The van der Waals surface area contributed by atoms with Crippen LogP contribution in [0.25, 0.3) is 5.95 Å². The highest BCUT2D eigenvalue weighted by molar-refractivity contribution is 5.85. The van der Waals surface area contributed by atoms with Crippen LogP contribution in [0.1, 0.15) is 34.6 Å². The molecule has 1 atom stereocenters. The van der Waals surface area contributed by atoms with Gasteiger partial charge in [-0.25, -0.2) is 9.67 Å². The minimum Gasteiger partial charge on any atom is -0.479 e. The van der Waals surface area contributed by atoms with Gasteiger partial charge in [0.1, 0.15) is 11.4 Å². The summed E-state index contributed by atoms with van der Waals surface area (Å²) in [7, 11) is 1.50. The zero-order chi connectivity index (χ0) is 18.5. The van der Waals surface area contributed by atoms with Crippen molar-refractivity contribution in [3.8, 4) is 11.8 Å². The molecule has 132 valence electrons. The van der Waals surface area contributed by atoms with Gasteiger partial charge in [0.25, 0.3) is 5.95 Å². The molecule has 1 aromatic carbocycles. The summed E-state index contributed by atoms with van der Waals surface area (Å²) in [4.78, 5) is 19.5. The van der Waals surface area contributed by atoms with Gasteiger partial charge in [0.15, 0.2) is 6.29 Å². The number of rotatable bonds is 7. The topological polar surface area (TPSA) is 106 Å². The predicted octanol–water partition coefficient (Wildman–Crippen LogP) is 2.65. The molecule has 0 saturated heterocycles. The Balaban J connectivity index is 1.99. The number of carbonyl (C=O) groups is 1. The van der Waals surface area contributed by atoms with Crippen LogP contribution in [0.5, 0.6) is 5.88 Å². The molecule has 3 aromatic rings. The Labute approximate surface area is 150 Å². The van der Waals surface area contributed by atoms with Gasteiger partial charge >= 0.3 is 0 Å². The molecule has 0 aliphatic heterocycles. The normalized spacial score (nSPS) is 11.6. The van der Waals surface area contributed by atoms with Crippen molar-refractivity contribution >= 4 is 18.2 Å². The zero-order valence-corrected chi connectivity index (χ0v) is 14.4. The summed E-state index contributed by atoms with van der Waals surface area (Å²) >= 11 is 0. The van der Waals surface area contributed by atoms with E-state index in [-0.39, 0.29) is 12.0 Å². The van der Waals surface area contributed by atoms with Gasteiger partial charge in [-0.2, -0.15) is 10.1 Å². The van der Waals surface area contributed by atoms with Crippen LogP contribution in [0, 0.1) is 5.41 Å². The van der Waals surface area contributed by atoms with Gasteiger partial charge in [0.2, 0.25) is 5.88 Å². The van der Waals surface area contributed by atoms with Crippen LogP contribution < -0.4 is 10.1 Å². The largest absolute Gasteiger partial charge is 0.479 e. The van der Waals surface area contributed by atoms with E-state index in [0.717, 1.165) is 11.8 Å². The number of benzene rings is 1. The Hall–Kier alpha value is -3.55. The molecule has 0 spiro atoms. The zero-order valence-electron chi connectivity index (χ0n) is 14.4. The summed E-state index contributed by atoms with van der Waals surface area (Å²) in [5.74, 6) is 0.505. The number of hydrogen-bond acceptors (Lipinski definition) is 7. The van der Waals surface area contributed by atoms with Crippen molar-refractivity contribution in [2.45, 2.75) is 13.0 Å². The first-order valence-electron chi connectivity index (χ1n) is 7.94. The van der Waals surface area contributed by atoms with E-state index >= 15 is 0 Å². The number of nitrogens with one attached hydrogen (secondary N) is 2. The lowest BCUT2D eigenvalue weighted by molar-refractivity contribution is 0.112. The molecule has 0 amide bonds. The average molecular weight is 350 g/mol. The number of carbonyl (C=O) groups excluding carboxylic acids is 1. The van der Waals surface area contributed by atoms with Crippen LogP contribution in [-0.2, 0) is 0 Å². The van der Waals surface area contributed by atoms with E-state index in [9.17, 15) is 4.79 Å². The Morgan fingerprint density at radius 2 is 2.04 bits per heavy atom. The second kappa shape index (κ2) is 7.56. The minimum absolute atomic E-state index is 0.0374. The number of hydrogen-bond donors (Lipinski definition) is 2. The van der Waals surface area contributed by atoms with Gasteiger partial charge in [-0.15, -0.1) is 0 Å². The molecular formula is C18H18N6O2. The van der Waals surface area contributed by atoms with E-state index in [4.69, 9.17) is 10.1 Å². The van der Waals surface area contributed by atoms with Crippen molar-refractivity contribution in [2.75, 3.05) is 12.4 Å². The Kier molecular flexibility index (Phi) is 5.02. The third kappa shape index (κ3) is 3.44. The van der Waals surface area contributed by atoms with Crippen LogP contribution in [-0.4, -0.2) is 39.4 Å². The maximum atomic E-state index is 10.8. The van der Waals surface area contributed by atoms with E-state index in [2.05, 4.69) is 20.4 Å². The van der Waals surface area contributed by atoms with Crippen LogP contribution in [0.4, 0.5) is 5.69 Å². The second-order valence-corrected chi connectivity index (χ2v) is 5.55. The maximum absolute atomic E-state index is 10.8. The highest BCUT2D eigenvalue weighted by atomic mass is 16.5. The number of nitrogens with zero attached hydrogens (tertiary/aromatic N) is 4. The van der Waals surface area contributed by atoms with Gasteiger partial charge in [-0.1, -0.05) is 30.3 Å². The summed E-state index contributed by atoms with van der Waals surface area (Å²) < 4.78 is 6.76. The molecule has 8 heteroatoms. The van der Waals surface area contributed by atoms with Crippen molar-refractivity contribution in [3.05, 3.63) is 59.5 Å². The van der Waals surface area contributed by atoms with Crippen molar-refractivity contribution < 1.29 is 9.53 Å². The minimum atomic E-state index is -0.0374. The van der Waals surface area contributed by atoms with E-state index in [0.29, 0.717) is 29.1 Å². The molecule has 1 unspecified atom stereocenters. The standard InChI is InChI=1S/C18H18N6O2/c1-12(14-6-4-3-5-7-14)21-16-15(8-19)22-18(23-17(16)26-2)24-10-13(11-25)9-20-24/h3-12,19,21H,1-2H3. The first kappa shape index (κ1) is 17.3. The number of aldehydes is 1. The molecule has 0 fully saturated rings. The molecule has 0 bridgehead atoms. The summed E-state index contributed by atoms with van der Waals surface area (Å²) in [5, 5.41) is 15.1. The van der Waals surface area contributed by atoms with Gasteiger partial charge in [0.05, 0.1) is 18.9 Å². The molecule has 8 nitrogen and oxygen atoms in total. The van der Waals surface area contributed by atoms with E-state index in [1.54, 1.807) is 0 Å². The molecule has 0 aliphatic carbocycles. The lowest BCUT2D eigenvalue weighted by Crippen LogP contribution is -2.14. The predicted molar refractivity (Wildman–Crippen MR) is 97.5 cm³/mol. The van der Waals surface area contributed by atoms with Gasteiger partial charge in [0, 0.05) is 18.5 Å². The van der Waals surface area contributed by atoms with Crippen LogP contribution in [0.15, 0.2) is 42.7 Å². The van der Waals surface area contributed by atoms with Crippen LogP contribution in [0.3, 0.4) is 0 Å². The summed E-state index contributed by atoms with van der Waals surface area (Å²) in [5.41, 5.74) is 2.37.